The fourth-order valence-electron chi connectivity index (χ4n) is 5.26. The molecular formula is C30H27ClF2N2O3S. The van der Waals surface area contributed by atoms with Crippen LogP contribution in [0.25, 0.3) is 10.9 Å². The zero-order valence-electron chi connectivity index (χ0n) is 21.3. The quantitative estimate of drug-likeness (QED) is 0.256. The minimum absolute atomic E-state index is 0.0320. The van der Waals surface area contributed by atoms with E-state index >= 15 is 4.39 Å². The molecule has 202 valence electrons. The van der Waals surface area contributed by atoms with E-state index in [0.29, 0.717) is 29.1 Å². The van der Waals surface area contributed by atoms with E-state index in [-0.39, 0.29) is 40.3 Å². The number of likely N-dealkylation sites (tertiary alicyclic amines) is 1. The highest BCUT2D eigenvalue weighted by atomic mass is 35.5. The monoisotopic (exact) mass is 568 g/mol. The highest BCUT2D eigenvalue weighted by molar-refractivity contribution is 7.99. The molecule has 3 aromatic carbocycles. The van der Waals surface area contributed by atoms with Crippen LogP contribution in [0.1, 0.15) is 34.5 Å². The molecule has 1 aliphatic heterocycles. The lowest BCUT2D eigenvalue weighted by molar-refractivity contribution is -0.133. The molecule has 1 N–H and O–H groups in total. The molecule has 1 unspecified atom stereocenters. The maximum Gasteiger partial charge on any atom is 0.335 e. The van der Waals surface area contributed by atoms with Gasteiger partial charge in [-0.1, -0.05) is 41.6 Å². The Labute approximate surface area is 234 Å². The molecule has 0 saturated carbocycles. The smallest absolute Gasteiger partial charge is 0.335 e. The lowest BCUT2D eigenvalue weighted by Gasteiger charge is -2.33. The van der Waals surface area contributed by atoms with Gasteiger partial charge in [0.1, 0.15) is 12.4 Å². The average molecular weight is 569 g/mol. The normalized spacial score (nSPS) is 15.6. The van der Waals surface area contributed by atoms with Gasteiger partial charge in [0.15, 0.2) is 5.82 Å². The summed E-state index contributed by atoms with van der Waals surface area (Å²) in [4.78, 5) is 28.2. The van der Waals surface area contributed by atoms with Gasteiger partial charge in [-0.15, -0.1) is 0 Å². The number of hydrogen-bond donors (Lipinski definition) is 1. The molecule has 2 heterocycles. The Morgan fingerprint density at radius 3 is 2.62 bits per heavy atom. The van der Waals surface area contributed by atoms with E-state index in [9.17, 15) is 19.1 Å². The number of aromatic carboxylic acids is 1. The third-order valence-electron chi connectivity index (χ3n) is 7.22. The van der Waals surface area contributed by atoms with Crippen LogP contribution >= 0.6 is 23.4 Å². The van der Waals surface area contributed by atoms with Crippen molar-refractivity contribution in [2.75, 3.05) is 13.1 Å². The van der Waals surface area contributed by atoms with E-state index in [1.54, 1.807) is 41.0 Å². The van der Waals surface area contributed by atoms with Crippen molar-refractivity contribution >= 4 is 46.1 Å². The first kappa shape index (κ1) is 27.2. The zero-order chi connectivity index (χ0) is 27.7. The lowest BCUT2D eigenvalue weighted by Crippen LogP contribution is -2.42. The van der Waals surface area contributed by atoms with Gasteiger partial charge in [0.05, 0.1) is 16.1 Å². The lowest BCUT2D eigenvalue weighted by atomic mass is 9.91. The number of benzene rings is 3. The van der Waals surface area contributed by atoms with Crippen LogP contribution in [0.4, 0.5) is 8.78 Å². The van der Waals surface area contributed by atoms with Crippen LogP contribution in [-0.2, 0) is 17.8 Å². The van der Waals surface area contributed by atoms with Crippen LogP contribution in [0.2, 0.25) is 5.02 Å². The Bertz CT molecular complexity index is 1550. The number of fused-ring (bicyclic) bond motifs is 1. The second-order valence-corrected chi connectivity index (χ2v) is 11.4. The molecule has 0 bridgehead atoms. The summed E-state index contributed by atoms with van der Waals surface area (Å²) >= 11 is 7.48. The van der Waals surface area contributed by atoms with Crippen molar-refractivity contribution in [2.24, 2.45) is 5.92 Å². The van der Waals surface area contributed by atoms with Crippen LogP contribution < -0.4 is 0 Å². The maximum absolute atomic E-state index is 15.4. The van der Waals surface area contributed by atoms with Crippen LogP contribution in [-0.4, -0.2) is 39.5 Å². The van der Waals surface area contributed by atoms with E-state index in [4.69, 9.17) is 11.6 Å². The molecule has 1 amide bonds. The molecule has 5 rings (SSSR count). The number of hydrogen-bond acceptors (Lipinski definition) is 3. The predicted molar refractivity (Wildman–Crippen MR) is 149 cm³/mol. The Morgan fingerprint density at radius 1 is 1.10 bits per heavy atom. The molecule has 1 aliphatic rings. The molecule has 9 heteroatoms. The van der Waals surface area contributed by atoms with Gasteiger partial charge in [-0.25, -0.2) is 13.6 Å². The summed E-state index contributed by atoms with van der Waals surface area (Å²) in [6, 6.07) is 16.2. The number of piperidine rings is 1. The molecule has 0 aliphatic carbocycles. The SMILES string of the molecule is Cc1c(Sc2cccc(C(=O)O)c2)c2ccc(Cl)c(F)c2n1CC(=O)N1CCCC(Cc2ccc(F)cc2)C1. The zero-order valence-corrected chi connectivity index (χ0v) is 22.9. The standard InChI is InChI=1S/C30H27ClF2N2O3S/c1-18-29(39-23-6-2-5-21(15-23)30(37)38)24-11-12-25(31)27(33)28(24)35(18)17-26(36)34-13-3-4-20(16-34)14-19-7-9-22(32)10-8-19/h2,5-12,15,20H,3-4,13-14,16-17H2,1H3,(H,37,38). The minimum Gasteiger partial charge on any atom is -0.478 e. The summed E-state index contributed by atoms with van der Waals surface area (Å²) < 4.78 is 30.4. The van der Waals surface area contributed by atoms with Gasteiger partial charge in [0.2, 0.25) is 5.91 Å². The summed E-state index contributed by atoms with van der Waals surface area (Å²) in [6.45, 7) is 3.00. The molecule has 1 fully saturated rings. The van der Waals surface area contributed by atoms with Crippen molar-refractivity contribution in [2.45, 2.75) is 42.5 Å². The first-order chi connectivity index (χ1) is 18.7. The molecule has 1 aromatic heterocycles. The number of halogens is 3. The Balaban J connectivity index is 1.41. The van der Waals surface area contributed by atoms with Gasteiger partial charge in [0, 0.05) is 34.0 Å². The average Bonchev–Trinajstić information content (AvgIpc) is 3.18. The Morgan fingerprint density at radius 2 is 1.87 bits per heavy atom. The summed E-state index contributed by atoms with van der Waals surface area (Å²) in [5.74, 6) is -1.74. The van der Waals surface area contributed by atoms with Gasteiger partial charge in [-0.05, 0) is 80.1 Å². The molecule has 0 spiro atoms. The van der Waals surface area contributed by atoms with Crippen LogP contribution in [0.3, 0.4) is 0 Å². The second kappa shape index (κ2) is 11.4. The summed E-state index contributed by atoms with van der Waals surface area (Å²) in [5, 5.41) is 9.95. The number of carboxylic acid groups (broad SMARTS) is 1. The maximum atomic E-state index is 15.4. The van der Waals surface area contributed by atoms with Crippen LogP contribution in [0.15, 0.2) is 70.5 Å². The fraction of sp³-hybridized carbons (Fsp3) is 0.267. The molecule has 4 aromatic rings. The number of rotatable bonds is 7. The van der Waals surface area contributed by atoms with E-state index in [0.717, 1.165) is 29.7 Å². The van der Waals surface area contributed by atoms with E-state index in [1.807, 2.05) is 11.8 Å². The van der Waals surface area contributed by atoms with Crippen molar-refractivity contribution in [3.05, 3.63) is 94.1 Å². The first-order valence-corrected chi connectivity index (χ1v) is 13.9. The number of carboxylic acids is 1. The van der Waals surface area contributed by atoms with E-state index in [1.165, 1.54) is 36.0 Å². The Kier molecular flexibility index (Phi) is 7.96. The third-order valence-corrected chi connectivity index (χ3v) is 8.72. The molecule has 39 heavy (non-hydrogen) atoms. The number of carbonyl (C=O) groups excluding carboxylic acids is 1. The molecule has 0 radical (unpaired) electrons. The number of nitrogens with zero attached hydrogens (tertiary/aromatic N) is 2. The largest absolute Gasteiger partial charge is 0.478 e. The molecule has 1 saturated heterocycles. The third kappa shape index (κ3) is 5.82. The Hall–Kier alpha value is -3.36. The van der Waals surface area contributed by atoms with Crippen molar-refractivity contribution in [1.82, 2.24) is 9.47 Å². The molecule has 5 nitrogen and oxygen atoms in total. The molecular weight excluding hydrogens is 542 g/mol. The van der Waals surface area contributed by atoms with E-state index < -0.39 is 11.8 Å². The topological polar surface area (TPSA) is 62.5 Å². The number of aromatic nitrogens is 1. The fourth-order valence-corrected chi connectivity index (χ4v) is 6.51. The summed E-state index contributed by atoms with van der Waals surface area (Å²) in [7, 11) is 0. The number of amides is 1. The summed E-state index contributed by atoms with van der Waals surface area (Å²) in [5.41, 5.74) is 2.15. The predicted octanol–water partition coefficient (Wildman–Crippen LogP) is 7.21. The van der Waals surface area contributed by atoms with Crippen molar-refractivity contribution in [1.29, 1.82) is 0 Å². The minimum atomic E-state index is -1.03. The van der Waals surface area contributed by atoms with Crippen LogP contribution in [0, 0.1) is 24.5 Å². The van der Waals surface area contributed by atoms with E-state index in [2.05, 4.69) is 0 Å². The van der Waals surface area contributed by atoms with Crippen LogP contribution in [0.5, 0.6) is 0 Å². The van der Waals surface area contributed by atoms with Crippen molar-refractivity contribution < 1.29 is 23.5 Å². The first-order valence-electron chi connectivity index (χ1n) is 12.7. The number of carbonyl (C=O) groups is 2. The summed E-state index contributed by atoms with van der Waals surface area (Å²) in [6.07, 6.45) is 2.60. The second-order valence-electron chi connectivity index (χ2n) is 9.87. The van der Waals surface area contributed by atoms with Gasteiger partial charge in [0.25, 0.3) is 0 Å². The van der Waals surface area contributed by atoms with Gasteiger partial charge in [-0.2, -0.15) is 0 Å². The highest BCUT2D eigenvalue weighted by Crippen LogP contribution is 2.41. The van der Waals surface area contributed by atoms with Gasteiger partial charge < -0.3 is 14.6 Å². The van der Waals surface area contributed by atoms with Gasteiger partial charge >= 0.3 is 5.97 Å². The highest BCUT2D eigenvalue weighted by Gasteiger charge is 2.27. The molecule has 1 atom stereocenters. The van der Waals surface area contributed by atoms with Gasteiger partial charge in [-0.3, -0.25) is 4.79 Å². The van der Waals surface area contributed by atoms with Crippen molar-refractivity contribution in [3.8, 4) is 0 Å². The van der Waals surface area contributed by atoms with Crippen molar-refractivity contribution in [3.63, 3.8) is 0 Å².